The van der Waals surface area contributed by atoms with Crippen LogP contribution in [0.1, 0.15) is 50.5 Å². The van der Waals surface area contributed by atoms with Crippen molar-refractivity contribution in [2.45, 2.75) is 57.2 Å². The minimum Gasteiger partial charge on any atom is -0.375 e. The van der Waals surface area contributed by atoms with Crippen molar-refractivity contribution in [3.8, 4) is 0 Å². The highest BCUT2D eigenvalue weighted by Gasteiger charge is 2.30. The molecule has 4 N–H and O–H groups in total. The smallest absolute Gasteiger partial charge is 0.375 e. The van der Waals surface area contributed by atoms with Crippen LogP contribution in [0.15, 0.2) is 43.0 Å². The molecule has 1 aromatic rings. The maximum atomic E-state index is 12.7. The minimum absolute atomic E-state index is 0.195. The van der Waals surface area contributed by atoms with E-state index in [0.717, 1.165) is 31.6 Å². The van der Waals surface area contributed by atoms with Gasteiger partial charge in [0.25, 0.3) is 0 Å². The second-order valence-electron chi connectivity index (χ2n) is 8.37. The number of hydrogen-bond acceptors (Lipinski definition) is 5. The minimum atomic E-state index is -4.29. The highest BCUT2D eigenvalue weighted by molar-refractivity contribution is 6.12. The first kappa shape index (κ1) is 25.1. The Kier molecular flexibility index (Phi) is 8.85. The number of nitrogens with one attached hydrogen (secondary N) is 2. The van der Waals surface area contributed by atoms with E-state index in [9.17, 15) is 13.2 Å². The predicted molar refractivity (Wildman–Crippen MR) is 120 cm³/mol. The summed E-state index contributed by atoms with van der Waals surface area (Å²) in [6.07, 6.45) is 0.742. The van der Waals surface area contributed by atoms with E-state index in [1.54, 1.807) is 25.4 Å². The van der Waals surface area contributed by atoms with Crippen molar-refractivity contribution in [2.75, 3.05) is 18.9 Å². The molecule has 1 fully saturated rings. The van der Waals surface area contributed by atoms with Crippen molar-refractivity contribution < 1.29 is 13.2 Å². The van der Waals surface area contributed by atoms with Crippen molar-refractivity contribution in [1.29, 1.82) is 0 Å². The molecule has 1 aromatic heterocycles. The number of alkyl halides is 3. The van der Waals surface area contributed by atoms with Gasteiger partial charge < -0.3 is 21.3 Å². The van der Waals surface area contributed by atoms with Crippen LogP contribution in [-0.2, 0) is 0 Å². The molecule has 1 unspecified atom stereocenters. The zero-order valence-electron chi connectivity index (χ0n) is 18.4. The molecule has 5 nitrogen and oxygen atoms in total. The third-order valence-corrected chi connectivity index (χ3v) is 5.99. The van der Waals surface area contributed by atoms with Gasteiger partial charge in [0.1, 0.15) is 13.7 Å². The van der Waals surface area contributed by atoms with Crippen molar-refractivity contribution in [1.82, 2.24) is 15.2 Å². The van der Waals surface area contributed by atoms with Crippen LogP contribution in [0.5, 0.6) is 0 Å². The molecule has 0 amide bonds. The lowest BCUT2D eigenvalue weighted by atomic mass is 9.79. The number of anilines is 1. The van der Waals surface area contributed by atoms with Crippen LogP contribution >= 0.6 is 0 Å². The summed E-state index contributed by atoms with van der Waals surface area (Å²) >= 11 is 0. The second-order valence-corrected chi connectivity index (χ2v) is 8.37. The molecule has 31 heavy (non-hydrogen) atoms. The summed E-state index contributed by atoms with van der Waals surface area (Å²) < 4.78 is 38.2. The van der Waals surface area contributed by atoms with Crippen molar-refractivity contribution >= 4 is 13.7 Å². The van der Waals surface area contributed by atoms with Gasteiger partial charge in [-0.05, 0) is 42.4 Å². The Bertz CT molecular complexity index is 747. The lowest BCUT2D eigenvalue weighted by molar-refractivity contribution is -0.137. The molecule has 9 heteroatoms. The Morgan fingerprint density at radius 1 is 1.32 bits per heavy atom. The molecule has 1 heterocycles. The average Bonchev–Trinajstić information content (AvgIpc) is 2.72. The van der Waals surface area contributed by atoms with Crippen LogP contribution in [0.3, 0.4) is 0 Å². The monoisotopic (exact) mass is 435 g/mol. The summed E-state index contributed by atoms with van der Waals surface area (Å²) in [5, 5.41) is 5.94. The number of halogens is 3. The summed E-state index contributed by atoms with van der Waals surface area (Å²) in [5.41, 5.74) is 7.69. The van der Waals surface area contributed by atoms with Gasteiger partial charge >= 0.3 is 6.18 Å². The van der Waals surface area contributed by atoms with Gasteiger partial charge in [0.15, 0.2) is 0 Å². The predicted octanol–water partition coefficient (Wildman–Crippen LogP) is 4.27. The second kappa shape index (κ2) is 10.9. The van der Waals surface area contributed by atoms with Crippen molar-refractivity contribution in [3.63, 3.8) is 0 Å². The van der Waals surface area contributed by atoms with Crippen LogP contribution in [0.2, 0.25) is 0 Å². The highest BCUT2D eigenvalue weighted by atomic mass is 19.4. The van der Waals surface area contributed by atoms with Gasteiger partial charge in [0, 0.05) is 37.5 Å². The van der Waals surface area contributed by atoms with E-state index in [2.05, 4.69) is 35.7 Å². The number of aromatic nitrogens is 1. The SMILES string of the molecule is [B]C(c1ccnc(NC(=C)[C@@H](N)C2CCC(C)CC2)c1)N(CCC(F)(F)F)C(=C)NC. The van der Waals surface area contributed by atoms with E-state index in [0.29, 0.717) is 28.8 Å². The zero-order chi connectivity index (χ0) is 23.2. The van der Waals surface area contributed by atoms with Gasteiger partial charge in [-0.3, -0.25) is 0 Å². The quantitative estimate of drug-likeness (QED) is 0.479. The van der Waals surface area contributed by atoms with E-state index >= 15 is 0 Å². The fourth-order valence-electron chi connectivity index (χ4n) is 3.89. The molecule has 0 saturated heterocycles. The Labute approximate surface area is 184 Å². The lowest BCUT2D eigenvalue weighted by Gasteiger charge is -2.34. The molecule has 0 bridgehead atoms. The van der Waals surface area contributed by atoms with Crippen LogP contribution in [0.25, 0.3) is 0 Å². The van der Waals surface area contributed by atoms with Gasteiger partial charge in [-0.1, -0.05) is 32.9 Å². The maximum absolute atomic E-state index is 12.7. The molecule has 2 rings (SSSR count). The third kappa shape index (κ3) is 7.49. The highest BCUT2D eigenvalue weighted by Crippen LogP contribution is 2.32. The van der Waals surface area contributed by atoms with Crippen LogP contribution in [0, 0.1) is 11.8 Å². The lowest BCUT2D eigenvalue weighted by Crippen LogP contribution is -2.37. The third-order valence-electron chi connectivity index (χ3n) is 5.99. The van der Waals surface area contributed by atoms with E-state index < -0.39 is 18.5 Å². The normalized spacial score (nSPS) is 21.1. The standard InChI is InChI=1S/C22H33BF3N5/c1-14-5-7-17(8-6-14)20(27)15(2)30-19-13-18(9-11-29-19)21(23)31(16(3)28-4)12-10-22(24,25)26/h9,11,13-14,17,20-21,28H,2-3,5-8,10,12,27H2,1,4H3,(H,29,30)/t14?,17?,20-,21?/m1/s1. The average molecular weight is 435 g/mol. The molecule has 1 saturated carbocycles. The molecule has 1 aliphatic rings. The topological polar surface area (TPSA) is 66.2 Å². The number of hydrogen-bond donors (Lipinski definition) is 3. The van der Waals surface area contributed by atoms with E-state index in [1.807, 2.05) is 0 Å². The Balaban J connectivity index is 2.08. The molecular weight excluding hydrogens is 402 g/mol. The number of pyridine rings is 1. The summed E-state index contributed by atoms with van der Waals surface area (Å²) in [6, 6.07) is 3.18. The van der Waals surface area contributed by atoms with Crippen LogP contribution in [0.4, 0.5) is 19.0 Å². The van der Waals surface area contributed by atoms with Gasteiger partial charge in [-0.15, -0.1) is 0 Å². The Morgan fingerprint density at radius 3 is 2.55 bits per heavy atom. The van der Waals surface area contributed by atoms with Gasteiger partial charge in [0.2, 0.25) is 0 Å². The molecule has 0 aromatic carbocycles. The summed E-state index contributed by atoms with van der Waals surface area (Å²) in [7, 11) is 7.88. The first-order valence-electron chi connectivity index (χ1n) is 10.6. The molecular formula is C22H33BF3N5. The first-order valence-corrected chi connectivity index (χ1v) is 10.6. The summed E-state index contributed by atoms with van der Waals surface area (Å²) in [6.45, 7) is 9.81. The van der Waals surface area contributed by atoms with Gasteiger partial charge in [0.05, 0.1) is 12.2 Å². The molecule has 0 aliphatic heterocycles. The maximum Gasteiger partial charge on any atom is 0.390 e. The largest absolute Gasteiger partial charge is 0.390 e. The fraction of sp³-hybridized carbons (Fsp3) is 0.591. The first-order chi connectivity index (χ1) is 14.5. The molecule has 2 radical (unpaired) electrons. The fourth-order valence-corrected chi connectivity index (χ4v) is 3.89. The molecule has 2 atom stereocenters. The van der Waals surface area contributed by atoms with Crippen molar-refractivity contribution in [3.05, 3.63) is 48.6 Å². The van der Waals surface area contributed by atoms with Gasteiger partial charge in [-0.2, -0.15) is 13.2 Å². The van der Waals surface area contributed by atoms with E-state index in [1.165, 1.54) is 4.90 Å². The van der Waals surface area contributed by atoms with Crippen LogP contribution in [-0.4, -0.2) is 43.5 Å². The molecule has 0 spiro atoms. The Morgan fingerprint density at radius 2 is 1.97 bits per heavy atom. The number of rotatable bonds is 10. The van der Waals surface area contributed by atoms with Crippen LogP contribution < -0.4 is 16.4 Å². The van der Waals surface area contributed by atoms with Crippen molar-refractivity contribution in [2.24, 2.45) is 17.6 Å². The van der Waals surface area contributed by atoms with E-state index in [4.69, 9.17) is 13.6 Å². The van der Waals surface area contributed by atoms with Gasteiger partial charge in [-0.25, -0.2) is 4.98 Å². The van der Waals surface area contributed by atoms with E-state index in [-0.39, 0.29) is 12.6 Å². The number of nitrogens with two attached hydrogens (primary N) is 1. The number of nitrogens with zero attached hydrogens (tertiary/aromatic N) is 2. The molecule has 170 valence electrons. The summed E-state index contributed by atoms with van der Waals surface area (Å²) in [5.74, 6) is 1.09. The Hall–Kier alpha value is -2.16. The molecule has 1 aliphatic carbocycles. The summed E-state index contributed by atoms with van der Waals surface area (Å²) in [4.78, 5) is 5.68. The zero-order valence-corrected chi connectivity index (χ0v) is 18.4.